The lowest BCUT2D eigenvalue weighted by Gasteiger charge is -2.23. The molecule has 1 aliphatic carbocycles. The largest absolute Gasteiger partial charge is 0.342 e. The molecule has 1 aromatic heterocycles. The van der Waals surface area contributed by atoms with E-state index in [9.17, 15) is 0 Å². The Morgan fingerprint density at radius 1 is 1.47 bits per heavy atom. The second-order valence-electron chi connectivity index (χ2n) is 4.39. The van der Waals surface area contributed by atoms with E-state index in [1.54, 1.807) is 11.3 Å². The number of hydrogen-bond acceptors (Lipinski definition) is 5. The molecule has 82 valence electrons. The van der Waals surface area contributed by atoms with Crippen molar-refractivity contribution in [3.05, 3.63) is 5.51 Å². The first-order valence-electron chi connectivity index (χ1n) is 5.69. The SMILES string of the molecule is c1nnc(N2CCCC2CNC2CC2)s1. The minimum Gasteiger partial charge on any atom is -0.342 e. The van der Waals surface area contributed by atoms with Gasteiger partial charge in [-0.3, -0.25) is 0 Å². The van der Waals surface area contributed by atoms with Gasteiger partial charge in [0, 0.05) is 25.2 Å². The molecule has 1 saturated heterocycles. The molecule has 1 aliphatic heterocycles. The highest BCUT2D eigenvalue weighted by atomic mass is 32.1. The summed E-state index contributed by atoms with van der Waals surface area (Å²) in [6, 6.07) is 1.44. The summed E-state index contributed by atoms with van der Waals surface area (Å²) in [7, 11) is 0. The van der Waals surface area contributed by atoms with Crippen molar-refractivity contribution in [3.8, 4) is 0 Å². The zero-order valence-corrected chi connectivity index (χ0v) is 9.54. The van der Waals surface area contributed by atoms with E-state index in [4.69, 9.17) is 0 Å². The minimum absolute atomic E-state index is 0.638. The molecule has 0 radical (unpaired) electrons. The van der Waals surface area contributed by atoms with Gasteiger partial charge in [0.05, 0.1) is 0 Å². The lowest BCUT2D eigenvalue weighted by atomic mass is 10.2. The smallest absolute Gasteiger partial charge is 0.208 e. The summed E-state index contributed by atoms with van der Waals surface area (Å²) < 4.78 is 0. The minimum atomic E-state index is 0.638. The first-order chi connectivity index (χ1) is 7.43. The second kappa shape index (κ2) is 4.06. The fourth-order valence-electron chi connectivity index (χ4n) is 2.18. The van der Waals surface area contributed by atoms with Gasteiger partial charge < -0.3 is 10.2 Å². The Bertz CT molecular complexity index is 309. The van der Waals surface area contributed by atoms with Crippen LogP contribution in [0.4, 0.5) is 5.13 Å². The number of nitrogens with one attached hydrogen (secondary N) is 1. The maximum absolute atomic E-state index is 4.16. The molecule has 0 bridgehead atoms. The van der Waals surface area contributed by atoms with Crippen LogP contribution in [0.2, 0.25) is 0 Å². The summed E-state index contributed by atoms with van der Waals surface area (Å²) in [5.41, 5.74) is 1.82. The molecule has 1 saturated carbocycles. The van der Waals surface area contributed by atoms with Gasteiger partial charge in [0.15, 0.2) is 0 Å². The molecule has 0 amide bonds. The topological polar surface area (TPSA) is 41.1 Å². The Kier molecular flexibility index (Phi) is 2.58. The second-order valence-corrected chi connectivity index (χ2v) is 5.20. The molecule has 1 atom stereocenters. The van der Waals surface area contributed by atoms with Crippen LogP contribution in [0.5, 0.6) is 0 Å². The van der Waals surface area contributed by atoms with Gasteiger partial charge >= 0.3 is 0 Å². The fourth-order valence-corrected chi connectivity index (χ4v) is 2.84. The van der Waals surface area contributed by atoms with Crippen molar-refractivity contribution in [2.45, 2.75) is 37.8 Å². The molecule has 4 nitrogen and oxygen atoms in total. The predicted molar refractivity (Wildman–Crippen MR) is 61.3 cm³/mol. The highest BCUT2D eigenvalue weighted by molar-refractivity contribution is 7.13. The summed E-state index contributed by atoms with van der Waals surface area (Å²) in [4.78, 5) is 2.41. The quantitative estimate of drug-likeness (QED) is 0.836. The van der Waals surface area contributed by atoms with Gasteiger partial charge in [-0.2, -0.15) is 0 Å². The van der Waals surface area contributed by atoms with Crippen LogP contribution < -0.4 is 10.2 Å². The van der Waals surface area contributed by atoms with Gasteiger partial charge in [-0.1, -0.05) is 11.3 Å². The lowest BCUT2D eigenvalue weighted by Crippen LogP contribution is -2.38. The van der Waals surface area contributed by atoms with Gasteiger partial charge in [0.2, 0.25) is 5.13 Å². The Labute approximate surface area is 93.7 Å². The van der Waals surface area contributed by atoms with Crippen molar-refractivity contribution in [3.63, 3.8) is 0 Å². The van der Waals surface area contributed by atoms with E-state index in [1.165, 1.54) is 25.7 Å². The molecular weight excluding hydrogens is 208 g/mol. The van der Waals surface area contributed by atoms with E-state index >= 15 is 0 Å². The molecule has 1 N–H and O–H groups in total. The maximum atomic E-state index is 4.16. The van der Waals surface area contributed by atoms with Crippen LogP contribution in [0.3, 0.4) is 0 Å². The number of anilines is 1. The highest BCUT2D eigenvalue weighted by Gasteiger charge is 2.29. The van der Waals surface area contributed by atoms with Crippen LogP contribution in [-0.2, 0) is 0 Å². The Hall–Kier alpha value is -0.680. The summed E-state index contributed by atoms with van der Waals surface area (Å²) in [6.45, 7) is 2.26. The van der Waals surface area contributed by atoms with Crippen LogP contribution in [0.1, 0.15) is 25.7 Å². The van der Waals surface area contributed by atoms with Crippen molar-refractivity contribution in [1.29, 1.82) is 0 Å². The summed E-state index contributed by atoms with van der Waals surface area (Å²) in [5, 5.41) is 12.8. The van der Waals surface area contributed by atoms with Crippen molar-refractivity contribution in [1.82, 2.24) is 15.5 Å². The van der Waals surface area contributed by atoms with Crippen LogP contribution in [0, 0.1) is 0 Å². The average molecular weight is 224 g/mol. The zero-order chi connectivity index (χ0) is 10.1. The zero-order valence-electron chi connectivity index (χ0n) is 8.72. The van der Waals surface area contributed by atoms with Gasteiger partial charge in [-0.05, 0) is 25.7 Å². The molecule has 1 aromatic rings. The van der Waals surface area contributed by atoms with Crippen molar-refractivity contribution >= 4 is 16.5 Å². The Morgan fingerprint density at radius 3 is 3.13 bits per heavy atom. The third-order valence-electron chi connectivity index (χ3n) is 3.19. The summed E-state index contributed by atoms with van der Waals surface area (Å²) >= 11 is 1.65. The molecule has 2 heterocycles. The van der Waals surface area contributed by atoms with Gasteiger partial charge in [-0.15, -0.1) is 10.2 Å². The van der Waals surface area contributed by atoms with E-state index in [0.717, 1.165) is 24.3 Å². The van der Waals surface area contributed by atoms with Gasteiger partial charge in [0.25, 0.3) is 0 Å². The molecule has 5 heteroatoms. The molecule has 15 heavy (non-hydrogen) atoms. The molecule has 0 aromatic carbocycles. The third kappa shape index (κ3) is 2.13. The number of nitrogens with zero attached hydrogens (tertiary/aromatic N) is 3. The van der Waals surface area contributed by atoms with E-state index in [-0.39, 0.29) is 0 Å². The third-order valence-corrected chi connectivity index (χ3v) is 3.92. The van der Waals surface area contributed by atoms with Gasteiger partial charge in [0.1, 0.15) is 5.51 Å². The Balaban J connectivity index is 1.61. The maximum Gasteiger partial charge on any atom is 0.208 e. The van der Waals surface area contributed by atoms with E-state index in [1.807, 2.05) is 5.51 Å². The average Bonchev–Trinajstić information content (AvgIpc) is 2.79. The van der Waals surface area contributed by atoms with E-state index in [0.29, 0.717) is 6.04 Å². The fraction of sp³-hybridized carbons (Fsp3) is 0.800. The molecule has 1 unspecified atom stereocenters. The highest BCUT2D eigenvalue weighted by Crippen LogP contribution is 2.27. The summed E-state index contributed by atoms with van der Waals surface area (Å²) in [5.74, 6) is 0. The molecule has 0 spiro atoms. The molecule has 2 aliphatic rings. The molecule has 3 rings (SSSR count). The first-order valence-corrected chi connectivity index (χ1v) is 6.57. The van der Waals surface area contributed by atoms with Crippen molar-refractivity contribution in [2.75, 3.05) is 18.0 Å². The van der Waals surface area contributed by atoms with Crippen molar-refractivity contribution in [2.24, 2.45) is 0 Å². The molecular formula is C10H16N4S. The number of rotatable bonds is 4. The predicted octanol–water partition coefficient (Wildman–Crippen LogP) is 1.26. The van der Waals surface area contributed by atoms with Crippen LogP contribution in [0.15, 0.2) is 5.51 Å². The first kappa shape index (κ1) is 9.54. The normalized spacial score (nSPS) is 26.1. The van der Waals surface area contributed by atoms with E-state index in [2.05, 4.69) is 20.4 Å². The standard InChI is InChI=1S/C10H16N4S/c1-2-9(6-11-8-3-4-8)14(5-1)10-13-12-7-15-10/h7-9,11H,1-6H2. The van der Waals surface area contributed by atoms with Crippen LogP contribution in [-0.4, -0.2) is 35.4 Å². The van der Waals surface area contributed by atoms with Crippen LogP contribution in [0.25, 0.3) is 0 Å². The van der Waals surface area contributed by atoms with Gasteiger partial charge in [-0.25, -0.2) is 0 Å². The monoisotopic (exact) mass is 224 g/mol. The number of aromatic nitrogens is 2. The van der Waals surface area contributed by atoms with E-state index < -0.39 is 0 Å². The van der Waals surface area contributed by atoms with Crippen molar-refractivity contribution < 1.29 is 0 Å². The lowest BCUT2D eigenvalue weighted by molar-refractivity contribution is 0.570. The van der Waals surface area contributed by atoms with Crippen LogP contribution >= 0.6 is 11.3 Å². The molecule has 2 fully saturated rings. The summed E-state index contributed by atoms with van der Waals surface area (Å²) in [6.07, 6.45) is 5.31. The number of hydrogen-bond donors (Lipinski definition) is 1. The Morgan fingerprint density at radius 2 is 2.40 bits per heavy atom.